The first-order valence-corrected chi connectivity index (χ1v) is 7.94. The summed E-state index contributed by atoms with van der Waals surface area (Å²) in [5.41, 5.74) is 0.151. The average Bonchev–Trinajstić information content (AvgIpc) is 2.70. The number of methoxy groups -OCH3 is 6. The highest BCUT2D eigenvalue weighted by Gasteiger charge is 2.28. The molecule has 1 heterocycles. The lowest BCUT2D eigenvalue weighted by atomic mass is 10.1. The van der Waals surface area contributed by atoms with Gasteiger partial charge in [-0.2, -0.15) is 0 Å². The van der Waals surface area contributed by atoms with Crippen LogP contribution < -0.4 is 33.8 Å². The van der Waals surface area contributed by atoms with Crippen LogP contribution in [0.4, 0.5) is 0 Å². The molecule has 0 unspecified atom stereocenters. The number of fused-ring (bicyclic) bond motifs is 2. The highest BCUT2D eigenvalue weighted by atomic mass is 16.5. The molecule has 1 aromatic heterocycles. The van der Waals surface area contributed by atoms with E-state index in [1.165, 1.54) is 42.7 Å². The lowest BCUT2D eigenvalue weighted by molar-refractivity contribution is 0.307. The topological polar surface area (TPSA) is 85.6 Å². The molecule has 0 fully saturated rings. The average molecular weight is 376 g/mol. The number of hydrogen-bond acceptors (Lipinski definition) is 8. The fourth-order valence-electron chi connectivity index (χ4n) is 3.06. The minimum absolute atomic E-state index is 0.173. The van der Waals surface area contributed by atoms with Crippen LogP contribution in [-0.4, -0.2) is 42.7 Å². The van der Waals surface area contributed by atoms with Crippen molar-refractivity contribution in [3.05, 3.63) is 22.4 Å². The van der Waals surface area contributed by atoms with Crippen LogP contribution in [0.15, 0.2) is 21.3 Å². The molecule has 0 N–H and O–H groups in total. The number of benzene rings is 2. The lowest BCUT2D eigenvalue weighted by Crippen LogP contribution is -2.08. The van der Waals surface area contributed by atoms with Gasteiger partial charge in [0.1, 0.15) is 11.0 Å². The molecular formula is C19H20O8. The summed E-state index contributed by atoms with van der Waals surface area (Å²) in [6, 6.07) is 3.14. The Balaban J connectivity index is 2.60. The van der Waals surface area contributed by atoms with Gasteiger partial charge >= 0.3 is 0 Å². The van der Waals surface area contributed by atoms with E-state index in [1.807, 2.05) is 0 Å². The molecule has 0 aliphatic heterocycles. The number of ether oxygens (including phenoxy) is 6. The predicted molar refractivity (Wildman–Crippen MR) is 99.3 cm³/mol. The van der Waals surface area contributed by atoms with Crippen LogP contribution in [0.3, 0.4) is 0 Å². The minimum atomic E-state index is -0.330. The van der Waals surface area contributed by atoms with E-state index in [2.05, 4.69) is 0 Å². The molecule has 3 rings (SSSR count). The van der Waals surface area contributed by atoms with Gasteiger partial charge in [0.2, 0.25) is 22.7 Å². The molecule has 8 nitrogen and oxygen atoms in total. The van der Waals surface area contributed by atoms with E-state index in [0.29, 0.717) is 22.5 Å². The first-order chi connectivity index (χ1) is 13.1. The Morgan fingerprint density at radius 1 is 0.667 bits per heavy atom. The summed E-state index contributed by atoms with van der Waals surface area (Å²) in [6.45, 7) is 0. The van der Waals surface area contributed by atoms with Crippen molar-refractivity contribution in [3.8, 4) is 34.5 Å². The van der Waals surface area contributed by atoms with Gasteiger partial charge < -0.3 is 32.8 Å². The summed E-state index contributed by atoms with van der Waals surface area (Å²) in [5.74, 6) is 1.74. The summed E-state index contributed by atoms with van der Waals surface area (Å²) in [4.78, 5) is 13.3. The molecule has 0 bridgehead atoms. The molecule has 0 saturated carbocycles. The molecule has 0 saturated heterocycles. The summed E-state index contributed by atoms with van der Waals surface area (Å²) < 4.78 is 38.3. The third-order valence-corrected chi connectivity index (χ3v) is 4.26. The minimum Gasteiger partial charge on any atom is -0.493 e. The van der Waals surface area contributed by atoms with Gasteiger partial charge in [0.15, 0.2) is 22.8 Å². The molecule has 2 aromatic carbocycles. The molecular weight excluding hydrogens is 356 g/mol. The molecule has 0 aliphatic carbocycles. The Morgan fingerprint density at radius 2 is 1.19 bits per heavy atom. The smallest absolute Gasteiger partial charge is 0.211 e. The third-order valence-electron chi connectivity index (χ3n) is 4.26. The maximum absolute atomic E-state index is 13.3. The van der Waals surface area contributed by atoms with Gasteiger partial charge in [-0.1, -0.05) is 0 Å². The Bertz CT molecular complexity index is 1070. The van der Waals surface area contributed by atoms with Crippen LogP contribution in [0.5, 0.6) is 34.5 Å². The molecule has 0 amide bonds. The van der Waals surface area contributed by atoms with E-state index in [0.717, 1.165) is 0 Å². The molecule has 8 heteroatoms. The second-order valence-corrected chi connectivity index (χ2v) is 5.47. The van der Waals surface area contributed by atoms with Crippen molar-refractivity contribution in [2.24, 2.45) is 0 Å². The van der Waals surface area contributed by atoms with Crippen LogP contribution in [0.25, 0.3) is 21.9 Å². The Morgan fingerprint density at radius 3 is 1.70 bits per heavy atom. The second kappa shape index (κ2) is 7.14. The molecule has 0 atom stereocenters. The van der Waals surface area contributed by atoms with Crippen molar-refractivity contribution < 1.29 is 32.8 Å². The third kappa shape index (κ3) is 2.64. The summed E-state index contributed by atoms with van der Waals surface area (Å²) in [6.07, 6.45) is 0. The SMILES string of the molecule is COc1cc2oc3c(OC)c(OC)c(OC)c(OC)c3c(=O)c2cc1OC. The number of hydrogen-bond donors (Lipinski definition) is 0. The van der Waals surface area contributed by atoms with Crippen molar-refractivity contribution in [2.45, 2.75) is 0 Å². The van der Waals surface area contributed by atoms with Gasteiger partial charge in [0.25, 0.3) is 0 Å². The van der Waals surface area contributed by atoms with Crippen molar-refractivity contribution in [3.63, 3.8) is 0 Å². The summed E-state index contributed by atoms with van der Waals surface area (Å²) in [5, 5.41) is 0.472. The Kier molecular flexibility index (Phi) is 4.89. The van der Waals surface area contributed by atoms with Crippen molar-refractivity contribution in [1.29, 1.82) is 0 Å². The zero-order chi connectivity index (χ0) is 19.7. The largest absolute Gasteiger partial charge is 0.493 e. The predicted octanol–water partition coefficient (Wildman–Crippen LogP) is 3.00. The van der Waals surface area contributed by atoms with Gasteiger partial charge in [-0.3, -0.25) is 4.79 Å². The Labute approximate surface area is 155 Å². The van der Waals surface area contributed by atoms with Crippen LogP contribution in [0, 0.1) is 0 Å². The van der Waals surface area contributed by atoms with Gasteiger partial charge in [0, 0.05) is 6.07 Å². The zero-order valence-corrected chi connectivity index (χ0v) is 15.9. The lowest BCUT2D eigenvalue weighted by Gasteiger charge is -2.18. The van der Waals surface area contributed by atoms with Crippen LogP contribution in [0.2, 0.25) is 0 Å². The van der Waals surface area contributed by atoms with E-state index in [4.69, 9.17) is 32.8 Å². The first kappa shape index (κ1) is 18.5. The normalized spacial score (nSPS) is 10.7. The first-order valence-electron chi connectivity index (χ1n) is 7.94. The standard InChI is InChI=1S/C19H20O8/c1-21-11-7-9-10(8-12(11)22-2)27-16-13(14(9)20)15(23-3)17(24-4)19(26-6)18(16)25-5/h7-8H,1-6H3. The molecule has 0 aliphatic rings. The van der Waals surface area contributed by atoms with Crippen LogP contribution in [-0.2, 0) is 0 Å². The van der Waals surface area contributed by atoms with E-state index in [-0.39, 0.29) is 39.4 Å². The van der Waals surface area contributed by atoms with Crippen molar-refractivity contribution >= 4 is 21.9 Å². The summed E-state index contributed by atoms with van der Waals surface area (Å²) in [7, 11) is 8.77. The fourth-order valence-corrected chi connectivity index (χ4v) is 3.06. The van der Waals surface area contributed by atoms with Gasteiger partial charge in [-0.15, -0.1) is 0 Å². The van der Waals surface area contributed by atoms with E-state index in [1.54, 1.807) is 12.1 Å². The van der Waals surface area contributed by atoms with Gasteiger partial charge in [-0.25, -0.2) is 0 Å². The summed E-state index contributed by atoms with van der Waals surface area (Å²) >= 11 is 0. The highest BCUT2D eigenvalue weighted by molar-refractivity contribution is 6.00. The van der Waals surface area contributed by atoms with Crippen LogP contribution in [0.1, 0.15) is 0 Å². The Hall–Kier alpha value is -3.29. The zero-order valence-electron chi connectivity index (χ0n) is 15.9. The molecule has 3 aromatic rings. The number of rotatable bonds is 6. The van der Waals surface area contributed by atoms with Gasteiger partial charge in [-0.05, 0) is 6.07 Å². The van der Waals surface area contributed by atoms with Crippen molar-refractivity contribution in [1.82, 2.24) is 0 Å². The van der Waals surface area contributed by atoms with Crippen LogP contribution >= 0.6 is 0 Å². The molecule has 0 radical (unpaired) electrons. The maximum Gasteiger partial charge on any atom is 0.211 e. The second-order valence-electron chi connectivity index (χ2n) is 5.47. The molecule has 0 spiro atoms. The maximum atomic E-state index is 13.3. The molecule has 27 heavy (non-hydrogen) atoms. The quantitative estimate of drug-likeness (QED) is 0.607. The van der Waals surface area contributed by atoms with E-state index in [9.17, 15) is 4.79 Å². The van der Waals surface area contributed by atoms with E-state index >= 15 is 0 Å². The van der Waals surface area contributed by atoms with Gasteiger partial charge in [0.05, 0.1) is 48.0 Å². The van der Waals surface area contributed by atoms with Crippen molar-refractivity contribution in [2.75, 3.05) is 42.7 Å². The fraction of sp³-hybridized carbons (Fsp3) is 0.316. The monoisotopic (exact) mass is 376 g/mol. The van der Waals surface area contributed by atoms with E-state index < -0.39 is 0 Å². The highest BCUT2D eigenvalue weighted by Crippen LogP contribution is 2.50. The molecule has 144 valence electrons.